The van der Waals surface area contributed by atoms with Crippen LogP contribution < -0.4 is 9.47 Å². The molecule has 7 heteroatoms. The molecule has 0 aliphatic carbocycles. The molecule has 0 radical (unpaired) electrons. The van der Waals surface area contributed by atoms with Gasteiger partial charge < -0.3 is 18.9 Å². The summed E-state index contributed by atoms with van der Waals surface area (Å²) in [5.41, 5.74) is 1.89. The molecule has 35 heavy (non-hydrogen) atoms. The van der Waals surface area contributed by atoms with E-state index in [2.05, 4.69) is 48.8 Å². The van der Waals surface area contributed by atoms with Crippen LogP contribution in [0.4, 0.5) is 0 Å². The molecule has 0 N–H and O–H groups in total. The summed E-state index contributed by atoms with van der Waals surface area (Å²) in [6.45, 7) is 13.0. The van der Waals surface area contributed by atoms with E-state index < -0.39 is 0 Å². The fraction of sp³-hybridized carbons (Fsp3) is 0.464. The van der Waals surface area contributed by atoms with Gasteiger partial charge in [0, 0.05) is 28.4 Å². The van der Waals surface area contributed by atoms with E-state index in [0.29, 0.717) is 24.9 Å². The summed E-state index contributed by atoms with van der Waals surface area (Å²) in [5, 5.41) is 0. The number of morpholine rings is 1. The lowest BCUT2D eigenvalue weighted by molar-refractivity contribution is -0.145. The first kappa shape index (κ1) is 26.9. The molecule has 3 rings (SSSR count). The lowest BCUT2D eigenvalue weighted by Gasteiger charge is -2.24. The number of aryl methyl sites for hydroxylation is 1. The molecule has 1 heterocycles. The molecule has 0 aromatic heterocycles. The molecule has 1 aliphatic rings. The molecule has 188 valence electrons. The Labute approximate surface area is 213 Å². The van der Waals surface area contributed by atoms with Gasteiger partial charge in [-0.1, -0.05) is 37.5 Å². The minimum atomic E-state index is -0.370. The standard InChI is InChI=1S/C28H35NO5S/c1-5-32-28(30)20-34-27-9-8-25(15-22(27)4)35-26-17-23(16-24(18-26)33-19-21(2)3)7-6-10-29-11-13-31-14-12-29/h8-9,15-18,21H,5,10-14,19-20H2,1-4H3. The largest absolute Gasteiger partial charge is 0.493 e. The summed E-state index contributed by atoms with van der Waals surface area (Å²) in [5.74, 6) is 8.18. The first-order valence-electron chi connectivity index (χ1n) is 12.1. The Morgan fingerprint density at radius 2 is 1.91 bits per heavy atom. The van der Waals surface area contributed by atoms with Crippen LogP contribution in [0.5, 0.6) is 11.5 Å². The topological polar surface area (TPSA) is 57.2 Å². The number of benzene rings is 2. The van der Waals surface area contributed by atoms with E-state index in [4.69, 9.17) is 18.9 Å². The van der Waals surface area contributed by atoms with Gasteiger partial charge in [-0.2, -0.15) is 0 Å². The Hall–Kier alpha value is -2.66. The van der Waals surface area contributed by atoms with E-state index >= 15 is 0 Å². The van der Waals surface area contributed by atoms with Crippen LogP contribution in [0, 0.1) is 24.7 Å². The molecule has 0 saturated carbocycles. The van der Waals surface area contributed by atoms with Gasteiger partial charge in [0.1, 0.15) is 11.5 Å². The zero-order valence-corrected chi connectivity index (χ0v) is 21.9. The average molecular weight is 498 g/mol. The second-order valence-electron chi connectivity index (χ2n) is 8.71. The van der Waals surface area contributed by atoms with Gasteiger partial charge in [-0.25, -0.2) is 4.79 Å². The second kappa shape index (κ2) is 14.0. The molecule has 0 spiro atoms. The van der Waals surface area contributed by atoms with Crippen LogP contribution in [0.3, 0.4) is 0 Å². The lowest BCUT2D eigenvalue weighted by atomic mass is 10.2. The molecule has 1 fully saturated rings. The van der Waals surface area contributed by atoms with Crippen molar-refractivity contribution in [1.82, 2.24) is 4.90 Å². The predicted octanol–water partition coefficient (Wildman–Crippen LogP) is 4.81. The van der Waals surface area contributed by atoms with Gasteiger partial charge >= 0.3 is 5.97 Å². The van der Waals surface area contributed by atoms with Crippen molar-refractivity contribution in [3.63, 3.8) is 0 Å². The molecule has 0 atom stereocenters. The van der Waals surface area contributed by atoms with Gasteiger partial charge in [-0.05, 0) is 61.7 Å². The van der Waals surface area contributed by atoms with E-state index in [1.807, 2.05) is 25.1 Å². The van der Waals surface area contributed by atoms with E-state index in [-0.39, 0.29) is 12.6 Å². The van der Waals surface area contributed by atoms with Gasteiger partial charge in [-0.3, -0.25) is 4.90 Å². The van der Waals surface area contributed by atoms with Crippen molar-refractivity contribution in [3.05, 3.63) is 47.5 Å². The Balaban J connectivity index is 1.72. The summed E-state index contributed by atoms with van der Waals surface area (Å²) in [4.78, 5) is 16.0. The highest BCUT2D eigenvalue weighted by molar-refractivity contribution is 7.99. The fourth-order valence-corrected chi connectivity index (χ4v) is 4.39. The highest BCUT2D eigenvalue weighted by atomic mass is 32.2. The van der Waals surface area contributed by atoms with Gasteiger partial charge in [-0.15, -0.1) is 0 Å². The van der Waals surface area contributed by atoms with Crippen molar-refractivity contribution < 1.29 is 23.7 Å². The zero-order chi connectivity index (χ0) is 25.0. The van der Waals surface area contributed by atoms with Gasteiger partial charge in [0.25, 0.3) is 0 Å². The number of carbonyl (C=O) groups excluding carboxylic acids is 1. The Kier molecular flexibility index (Phi) is 10.8. The molecule has 0 unspecified atom stereocenters. The van der Waals surface area contributed by atoms with Crippen molar-refractivity contribution >= 4 is 17.7 Å². The molecule has 2 aromatic rings. The molecular weight excluding hydrogens is 462 g/mol. The van der Waals surface area contributed by atoms with Crippen molar-refractivity contribution in [2.45, 2.75) is 37.5 Å². The number of esters is 1. The summed E-state index contributed by atoms with van der Waals surface area (Å²) < 4.78 is 22.0. The van der Waals surface area contributed by atoms with Crippen LogP contribution >= 0.6 is 11.8 Å². The monoisotopic (exact) mass is 497 g/mol. The Bertz CT molecular complexity index is 1040. The smallest absolute Gasteiger partial charge is 0.344 e. The van der Waals surface area contributed by atoms with E-state index in [1.54, 1.807) is 18.7 Å². The number of rotatable bonds is 10. The molecule has 0 bridgehead atoms. The summed E-state index contributed by atoms with van der Waals surface area (Å²) >= 11 is 1.65. The zero-order valence-electron chi connectivity index (χ0n) is 21.1. The number of ether oxygens (including phenoxy) is 4. The summed E-state index contributed by atoms with van der Waals surface area (Å²) in [7, 11) is 0. The van der Waals surface area contributed by atoms with E-state index in [0.717, 1.165) is 59.5 Å². The highest BCUT2D eigenvalue weighted by Crippen LogP contribution is 2.34. The third-order valence-corrected chi connectivity index (χ3v) is 6.10. The maximum absolute atomic E-state index is 11.6. The van der Waals surface area contributed by atoms with Crippen LogP contribution in [0.15, 0.2) is 46.2 Å². The minimum absolute atomic E-state index is 0.0944. The van der Waals surface area contributed by atoms with Crippen LogP contribution in [0.25, 0.3) is 0 Å². The number of hydrogen-bond donors (Lipinski definition) is 0. The highest BCUT2D eigenvalue weighted by Gasteiger charge is 2.10. The van der Waals surface area contributed by atoms with Crippen molar-refractivity contribution in [1.29, 1.82) is 0 Å². The van der Waals surface area contributed by atoms with Crippen LogP contribution in [-0.2, 0) is 14.3 Å². The number of hydrogen-bond acceptors (Lipinski definition) is 7. The lowest BCUT2D eigenvalue weighted by Crippen LogP contribution is -2.36. The second-order valence-corrected chi connectivity index (χ2v) is 9.86. The molecule has 0 amide bonds. The Morgan fingerprint density at radius 1 is 1.11 bits per heavy atom. The summed E-state index contributed by atoms with van der Waals surface area (Å²) in [6, 6.07) is 12.1. The predicted molar refractivity (Wildman–Crippen MR) is 138 cm³/mol. The van der Waals surface area contributed by atoms with Gasteiger partial charge in [0.2, 0.25) is 0 Å². The third-order valence-electron chi connectivity index (χ3n) is 5.14. The van der Waals surface area contributed by atoms with Gasteiger partial charge in [0.05, 0.1) is 33.0 Å². The quantitative estimate of drug-likeness (QED) is 0.345. The fourth-order valence-electron chi connectivity index (χ4n) is 3.38. The van der Waals surface area contributed by atoms with E-state index in [1.165, 1.54) is 0 Å². The van der Waals surface area contributed by atoms with Crippen molar-refractivity contribution in [2.75, 3.05) is 52.7 Å². The molecule has 1 aliphatic heterocycles. The first-order valence-corrected chi connectivity index (χ1v) is 12.9. The SMILES string of the molecule is CCOC(=O)COc1ccc(Sc2cc(C#CCN3CCOCC3)cc(OCC(C)C)c2)cc1C. The first-order chi connectivity index (χ1) is 16.9. The maximum atomic E-state index is 11.6. The summed E-state index contributed by atoms with van der Waals surface area (Å²) in [6.07, 6.45) is 0. The number of carbonyl (C=O) groups is 1. The normalized spacial score (nSPS) is 13.7. The maximum Gasteiger partial charge on any atom is 0.344 e. The third kappa shape index (κ3) is 9.48. The molecular formula is C28H35NO5S. The number of nitrogens with zero attached hydrogens (tertiary/aromatic N) is 1. The minimum Gasteiger partial charge on any atom is -0.493 e. The van der Waals surface area contributed by atoms with Crippen molar-refractivity contribution in [2.24, 2.45) is 5.92 Å². The average Bonchev–Trinajstić information content (AvgIpc) is 2.83. The van der Waals surface area contributed by atoms with Gasteiger partial charge in [0.15, 0.2) is 6.61 Å². The Morgan fingerprint density at radius 3 is 2.63 bits per heavy atom. The molecule has 1 saturated heterocycles. The van der Waals surface area contributed by atoms with Crippen LogP contribution in [0.2, 0.25) is 0 Å². The van der Waals surface area contributed by atoms with E-state index in [9.17, 15) is 4.79 Å². The van der Waals surface area contributed by atoms with Crippen LogP contribution in [-0.4, -0.2) is 63.5 Å². The molecule has 6 nitrogen and oxygen atoms in total. The molecule has 2 aromatic carbocycles. The van der Waals surface area contributed by atoms with Crippen molar-refractivity contribution in [3.8, 4) is 23.3 Å². The van der Waals surface area contributed by atoms with Crippen LogP contribution in [0.1, 0.15) is 31.9 Å².